The van der Waals surface area contributed by atoms with Gasteiger partial charge < -0.3 is 15.7 Å². The average molecular weight is 202 g/mol. The Labute approximate surface area is 83.9 Å². The van der Waals surface area contributed by atoms with Crippen molar-refractivity contribution in [2.45, 2.75) is 32.9 Å². The summed E-state index contributed by atoms with van der Waals surface area (Å²) in [4.78, 5) is 22.0. The van der Waals surface area contributed by atoms with Gasteiger partial charge in [0.25, 0.3) is 0 Å². The van der Waals surface area contributed by atoms with Crippen molar-refractivity contribution < 1.29 is 14.7 Å². The summed E-state index contributed by atoms with van der Waals surface area (Å²) >= 11 is 0. The summed E-state index contributed by atoms with van der Waals surface area (Å²) in [6, 6.07) is -1.20. The minimum Gasteiger partial charge on any atom is -0.480 e. The van der Waals surface area contributed by atoms with E-state index >= 15 is 0 Å². The molecule has 1 amide bonds. The molecule has 14 heavy (non-hydrogen) atoms. The molecule has 0 spiro atoms. The number of rotatable bonds is 5. The molecule has 1 unspecified atom stereocenters. The third-order valence-corrected chi connectivity index (χ3v) is 1.99. The Morgan fingerprint density at radius 2 is 1.71 bits per heavy atom. The van der Waals surface area contributed by atoms with Gasteiger partial charge in [-0.3, -0.25) is 9.59 Å². The molecule has 0 aromatic rings. The van der Waals surface area contributed by atoms with Crippen molar-refractivity contribution in [2.75, 3.05) is 7.05 Å². The van der Waals surface area contributed by atoms with E-state index in [0.29, 0.717) is 0 Å². The molecule has 0 saturated carbocycles. The topological polar surface area (TPSA) is 78.4 Å². The number of amides is 1. The number of aliphatic carboxylic acids is 1. The van der Waals surface area contributed by atoms with E-state index in [4.69, 9.17) is 5.11 Å². The van der Waals surface area contributed by atoms with Crippen LogP contribution in [-0.4, -0.2) is 36.1 Å². The number of carboxylic acids is 1. The van der Waals surface area contributed by atoms with Crippen LogP contribution in [0.2, 0.25) is 0 Å². The van der Waals surface area contributed by atoms with Crippen LogP contribution in [0.3, 0.4) is 0 Å². The molecule has 0 aliphatic carbocycles. The maximum absolute atomic E-state index is 11.5. The van der Waals surface area contributed by atoms with Gasteiger partial charge in [0.05, 0.1) is 6.04 Å². The van der Waals surface area contributed by atoms with Crippen LogP contribution in [0.1, 0.15) is 20.8 Å². The van der Waals surface area contributed by atoms with E-state index in [9.17, 15) is 9.59 Å². The Bertz CT molecular complexity index is 216. The summed E-state index contributed by atoms with van der Waals surface area (Å²) < 4.78 is 0. The Hall–Kier alpha value is -1.10. The fourth-order valence-electron chi connectivity index (χ4n) is 1.13. The highest BCUT2D eigenvalue weighted by atomic mass is 16.4. The first-order valence-electron chi connectivity index (χ1n) is 4.60. The van der Waals surface area contributed by atoms with E-state index in [1.54, 1.807) is 7.05 Å². The van der Waals surface area contributed by atoms with Crippen LogP contribution in [0.4, 0.5) is 0 Å². The molecular weight excluding hydrogens is 184 g/mol. The van der Waals surface area contributed by atoms with Crippen molar-refractivity contribution in [1.29, 1.82) is 0 Å². The van der Waals surface area contributed by atoms with Crippen molar-refractivity contribution in [3.63, 3.8) is 0 Å². The Morgan fingerprint density at radius 1 is 1.21 bits per heavy atom. The monoisotopic (exact) mass is 202 g/mol. The molecule has 5 nitrogen and oxygen atoms in total. The molecule has 0 saturated heterocycles. The molecule has 2 atom stereocenters. The minimum atomic E-state index is -1.03. The molecule has 0 bridgehead atoms. The number of likely N-dealkylation sites (N-methyl/N-ethyl adjacent to an activating group) is 1. The second kappa shape index (κ2) is 5.59. The summed E-state index contributed by atoms with van der Waals surface area (Å²) in [5.41, 5.74) is 0. The van der Waals surface area contributed by atoms with Crippen molar-refractivity contribution in [1.82, 2.24) is 10.6 Å². The van der Waals surface area contributed by atoms with Gasteiger partial charge in [-0.05, 0) is 19.9 Å². The van der Waals surface area contributed by atoms with Crippen LogP contribution in [0.15, 0.2) is 0 Å². The van der Waals surface area contributed by atoms with Gasteiger partial charge in [0.1, 0.15) is 6.04 Å². The van der Waals surface area contributed by atoms with E-state index in [2.05, 4.69) is 10.6 Å². The molecule has 0 aromatic carbocycles. The van der Waals surface area contributed by atoms with Gasteiger partial charge in [0.15, 0.2) is 0 Å². The van der Waals surface area contributed by atoms with E-state index in [1.165, 1.54) is 6.92 Å². The molecule has 5 heteroatoms. The molecule has 0 heterocycles. The molecular formula is C9H18N2O3. The summed E-state index contributed by atoms with van der Waals surface area (Å²) in [5.74, 6) is -1.18. The van der Waals surface area contributed by atoms with Crippen molar-refractivity contribution in [2.24, 2.45) is 5.92 Å². The molecule has 0 radical (unpaired) electrons. The largest absolute Gasteiger partial charge is 0.480 e. The molecule has 0 rings (SSSR count). The lowest BCUT2D eigenvalue weighted by Crippen LogP contribution is -2.50. The van der Waals surface area contributed by atoms with E-state index in [1.807, 2.05) is 13.8 Å². The first-order valence-corrected chi connectivity index (χ1v) is 4.60. The Balaban J connectivity index is 4.24. The Kier molecular flexibility index (Phi) is 5.15. The zero-order valence-corrected chi connectivity index (χ0v) is 9.00. The zero-order valence-electron chi connectivity index (χ0n) is 9.00. The highest BCUT2D eigenvalue weighted by Crippen LogP contribution is 2.01. The molecule has 3 N–H and O–H groups in total. The van der Waals surface area contributed by atoms with Crippen LogP contribution in [0.5, 0.6) is 0 Å². The fraction of sp³-hybridized carbons (Fsp3) is 0.778. The van der Waals surface area contributed by atoms with E-state index < -0.39 is 12.0 Å². The number of carbonyl (C=O) groups is 2. The molecule has 0 aliphatic rings. The van der Waals surface area contributed by atoms with Gasteiger partial charge in [0.2, 0.25) is 5.91 Å². The smallest absolute Gasteiger partial charge is 0.325 e. The van der Waals surface area contributed by atoms with Crippen LogP contribution in [0, 0.1) is 5.92 Å². The Morgan fingerprint density at radius 3 is 2.00 bits per heavy atom. The number of nitrogens with one attached hydrogen (secondary N) is 2. The molecule has 0 aliphatic heterocycles. The van der Waals surface area contributed by atoms with E-state index in [0.717, 1.165) is 0 Å². The van der Waals surface area contributed by atoms with E-state index in [-0.39, 0.29) is 17.9 Å². The lowest BCUT2D eigenvalue weighted by molar-refractivity contribution is -0.141. The second-order valence-corrected chi connectivity index (χ2v) is 3.58. The van der Waals surface area contributed by atoms with Gasteiger partial charge >= 0.3 is 5.97 Å². The first-order chi connectivity index (χ1) is 6.40. The lowest BCUT2D eigenvalue weighted by atomic mass is 10.0. The van der Waals surface area contributed by atoms with Crippen LogP contribution < -0.4 is 10.6 Å². The fourth-order valence-corrected chi connectivity index (χ4v) is 1.13. The first kappa shape index (κ1) is 12.9. The predicted molar refractivity (Wildman–Crippen MR) is 52.9 cm³/mol. The summed E-state index contributed by atoms with van der Waals surface area (Å²) in [5, 5.41) is 13.8. The van der Waals surface area contributed by atoms with Gasteiger partial charge in [-0.1, -0.05) is 13.8 Å². The zero-order chi connectivity index (χ0) is 11.3. The van der Waals surface area contributed by atoms with Crippen LogP contribution in [0.25, 0.3) is 0 Å². The summed E-state index contributed by atoms with van der Waals surface area (Å²) in [6.45, 7) is 5.23. The normalized spacial score (nSPS) is 14.9. The lowest BCUT2D eigenvalue weighted by Gasteiger charge is -2.20. The summed E-state index contributed by atoms with van der Waals surface area (Å²) in [7, 11) is 1.68. The third kappa shape index (κ3) is 3.74. The number of carbonyl (C=O) groups excluding carboxylic acids is 1. The second-order valence-electron chi connectivity index (χ2n) is 3.58. The third-order valence-electron chi connectivity index (χ3n) is 1.99. The average Bonchev–Trinajstić information content (AvgIpc) is 2.04. The molecule has 0 aromatic heterocycles. The van der Waals surface area contributed by atoms with Crippen LogP contribution in [-0.2, 0) is 9.59 Å². The van der Waals surface area contributed by atoms with Crippen molar-refractivity contribution in [3.8, 4) is 0 Å². The predicted octanol–water partition coefficient (Wildman–Crippen LogP) is -0.180. The van der Waals surface area contributed by atoms with Gasteiger partial charge in [-0.2, -0.15) is 0 Å². The van der Waals surface area contributed by atoms with Gasteiger partial charge in [-0.25, -0.2) is 0 Å². The SMILES string of the molecule is CNC(C(=O)N[C@@H](C)C(=O)O)C(C)C. The highest BCUT2D eigenvalue weighted by molar-refractivity contribution is 5.86. The number of hydrogen-bond acceptors (Lipinski definition) is 3. The standard InChI is InChI=1S/C9H18N2O3/c1-5(2)7(10-4)8(12)11-6(3)9(13)14/h5-7,10H,1-4H3,(H,11,12)(H,13,14)/t6-,7?/m0/s1. The highest BCUT2D eigenvalue weighted by Gasteiger charge is 2.23. The van der Waals surface area contributed by atoms with Crippen LogP contribution >= 0.6 is 0 Å². The summed E-state index contributed by atoms with van der Waals surface area (Å²) in [6.07, 6.45) is 0. The molecule has 82 valence electrons. The number of carboxylic acid groups (broad SMARTS) is 1. The molecule has 0 fully saturated rings. The van der Waals surface area contributed by atoms with Gasteiger partial charge in [-0.15, -0.1) is 0 Å². The quantitative estimate of drug-likeness (QED) is 0.578. The maximum Gasteiger partial charge on any atom is 0.325 e. The van der Waals surface area contributed by atoms with Crippen molar-refractivity contribution >= 4 is 11.9 Å². The van der Waals surface area contributed by atoms with Gasteiger partial charge in [0, 0.05) is 0 Å². The number of hydrogen-bond donors (Lipinski definition) is 3. The van der Waals surface area contributed by atoms with Crippen molar-refractivity contribution in [3.05, 3.63) is 0 Å². The minimum absolute atomic E-state index is 0.126. The maximum atomic E-state index is 11.5.